The number of benzene rings is 2. The van der Waals surface area contributed by atoms with E-state index in [4.69, 9.17) is 0 Å². The number of halogens is 2. The molecule has 4 rings (SSSR count). The number of imidazole rings is 1. The quantitative estimate of drug-likeness (QED) is 0.483. The number of hydrogen-bond acceptors (Lipinski definition) is 3. The Morgan fingerprint density at radius 1 is 0.967 bits per heavy atom. The number of pyridine rings is 1. The number of aryl methyl sites for hydroxylation is 1. The van der Waals surface area contributed by atoms with Gasteiger partial charge in [0.2, 0.25) is 5.91 Å². The first-order chi connectivity index (χ1) is 14.6. The van der Waals surface area contributed by atoms with Gasteiger partial charge in [0.05, 0.1) is 6.54 Å². The Labute approximate surface area is 172 Å². The molecule has 2 heterocycles. The van der Waals surface area contributed by atoms with E-state index in [-0.39, 0.29) is 17.5 Å². The Morgan fingerprint density at radius 2 is 1.67 bits per heavy atom. The minimum atomic E-state index is -0.346. The van der Waals surface area contributed by atoms with Crippen LogP contribution in [0.1, 0.15) is 24.2 Å². The summed E-state index contributed by atoms with van der Waals surface area (Å²) in [6, 6.07) is 15.7. The predicted octanol–water partition coefficient (Wildman–Crippen LogP) is 4.72. The summed E-state index contributed by atoms with van der Waals surface area (Å²) in [5.74, 6) is 0.0601. The van der Waals surface area contributed by atoms with Gasteiger partial charge in [0, 0.05) is 24.7 Å². The molecular weight excluding hydrogens is 386 g/mol. The van der Waals surface area contributed by atoms with E-state index in [0.717, 1.165) is 22.6 Å². The average Bonchev–Trinajstić information content (AvgIpc) is 3.09. The van der Waals surface area contributed by atoms with Crippen molar-refractivity contribution in [3.05, 3.63) is 89.9 Å². The average molecular weight is 406 g/mol. The number of carbonyl (C=O) groups excluding carboxylic acids is 1. The first-order valence-corrected chi connectivity index (χ1v) is 9.68. The number of amides is 1. The van der Waals surface area contributed by atoms with Crippen LogP contribution < -0.4 is 5.32 Å². The number of rotatable bonds is 7. The highest BCUT2D eigenvalue weighted by atomic mass is 19.1. The van der Waals surface area contributed by atoms with Crippen LogP contribution in [0.25, 0.3) is 11.2 Å². The largest absolute Gasteiger partial charge is 0.326 e. The fraction of sp³-hybridized carbons (Fsp3) is 0.174. The highest BCUT2D eigenvalue weighted by molar-refractivity contribution is 5.90. The van der Waals surface area contributed by atoms with E-state index in [1.54, 1.807) is 18.3 Å². The molecule has 0 aliphatic rings. The van der Waals surface area contributed by atoms with Crippen LogP contribution >= 0.6 is 0 Å². The third-order valence-electron chi connectivity index (χ3n) is 4.77. The second kappa shape index (κ2) is 8.82. The van der Waals surface area contributed by atoms with Crippen LogP contribution in [0.15, 0.2) is 66.9 Å². The van der Waals surface area contributed by atoms with Gasteiger partial charge in [-0.1, -0.05) is 12.1 Å². The van der Waals surface area contributed by atoms with Crippen molar-refractivity contribution in [1.29, 1.82) is 0 Å². The summed E-state index contributed by atoms with van der Waals surface area (Å²) in [6.45, 7) is 0.519. The summed E-state index contributed by atoms with van der Waals surface area (Å²) in [5.41, 5.74) is 3.05. The molecular formula is C23H20F2N4O. The first kappa shape index (κ1) is 19.7. The molecule has 0 spiro atoms. The van der Waals surface area contributed by atoms with Crippen molar-refractivity contribution in [2.24, 2.45) is 0 Å². The predicted molar refractivity (Wildman–Crippen MR) is 111 cm³/mol. The third kappa shape index (κ3) is 4.68. The van der Waals surface area contributed by atoms with Gasteiger partial charge >= 0.3 is 0 Å². The van der Waals surface area contributed by atoms with Gasteiger partial charge in [0.25, 0.3) is 0 Å². The van der Waals surface area contributed by atoms with Crippen LogP contribution in [0.2, 0.25) is 0 Å². The number of hydrogen-bond donors (Lipinski definition) is 1. The molecule has 0 atom stereocenters. The Kier molecular flexibility index (Phi) is 5.79. The molecule has 0 fully saturated rings. The van der Waals surface area contributed by atoms with E-state index in [0.29, 0.717) is 31.5 Å². The second-order valence-corrected chi connectivity index (χ2v) is 7.00. The molecule has 152 valence electrons. The molecule has 30 heavy (non-hydrogen) atoms. The van der Waals surface area contributed by atoms with Crippen LogP contribution in [0.4, 0.5) is 14.5 Å². The number of anilines is 1. The van der Waals surface area contributed by atoms with Gasteiger partial charge in [-0.25, -0.2) is 18.7 Å². The lowest BCUT2D eigenvalue weighted by Crippen LogP contribution is -2.12. The molecule has 1 amide bonds. The standard InChI is InChI=1S/C23H20F2N4O/c24-17-8-6-16(7-9-17)15-29-21(28-20-3-2-14-26-23(20)29)4-1-5-22(30)27-19-12-10-18(25)11-13-19/h2-3,6-14H,1,4-5,15H2,(H,27,30). The normalized spacial score (nSPS) is 11.0. The number of nitrogens with one attached hydrogen (secondary N) is 1. The van der Waals surface area contributed by atoms with E-state index < -0.39 is 0 Å². The van der Waals surface area contributed by atoms with Crippen molar-refractivity contribution in [2.45, 2.75) is 25.8 Å². The molecule has 0 unspecified atom stereocenters. The Balaban J connectivity index is 1.44. The molecule has 0 saturated heterocycles. The summed E-state index contributed by atoms with van der Waals surface area (Å²) in [5, 5.41) is 2.76. The van der Waals surface area contributed by atoms with Crippen LogP contribution in [-0.4, -0.2) is 20.4 Å². The van der Waals surface area contributed by atoms with Gasteiger partial charge in [-0.15, -0.1) is 0 Å². The van der Waals surface area contributed by atoms with Crippen molar-refractivity contribution in [3.8, 4) is 0 Å². The third-order valence-corrected chi connectivity index (χ3v) is 4.77. The maximum atomic E-state index is 13.2. The summed E-state index contributed by atoms with van der Waals surface area (Å²) in [4.78, 5) is 21.3. The summed E-state index contributed by atoms with van der Waals surface area (Å²) >= 11 is 0. The lowest BCUT2D eigenvalue weighted by Gasteiger charge is -2.09. The zero-order chi connectivity index (χ0) is 20.9. The number of nitrogens with zero attached hydrogens (tertiary/aromatic N) is 3. The molecule has 2 aromatic heterocycles. The molecule has 0 aliphatic heterocycles. The monoisotopic (exact) mass is 406 g/mol. The van der Waals surface area contributed by atoms with E-state index in [2.05, 4.69) is 15.3 Å². The molecule has 5 nitrogen and oxygen atoms in total. The SMILES string of the molecule is O=C(CCCc1nc2cccnc2n1Cc1ccc(F)cc1)Nc1ccc(F)cc1. The van der Waals surface area contributed by atoms with Gasteiger partial charge < -0.3 is 9.88 Å². The van der Waals surface area contributed by atoms with Gasteiger partial charge in [-0.05, 0) is 60.5 Å². The smallest absolute Gasteiger partial charge is 0.224 e. The van der Waals surface area contributed by atoms with Crippen LogP contribution in [0.3, 0.4) is 0 Å². The zero-order valence-corrected chi connectivity index (χ0v) is 16.2. The molecule has 4 aromatic rings. The molecule has 0 aliphatic carbocycles. The van der Waals surface area contributed by atoms with E-state index in [1.165, 1.54) is 36.4 Å². The Morgan fingerprint density at radius 3 is 2.40 bits per heavy atom. The summed E-state index contributed by atoms with van der Waals surface area (Å²) in [7, 11) is 0. The molecule has 7 heteroatoms. The van der Waals surface area contributed by atoms with E-state index in [9.17, 15) is 13.6 Å². The van der Waals surface area contributed by atoms with Crippen molar-refractivity contribution in [1.82, 2.24) is 14.5 Å². The zero-order valence-electron chi connectivity index (χ0n) is 16.2. The topological polar surface area (TPSA) is 59.8 Å². The Bertz CT molecular complexity index is 1150. The van der Waals surface area contributed by atoms with Gasteiger partial charge in [0.15, 0.2) is 5.65 Å². The van der Waals surface area contributed by atoms with Crippen molar-refractivity contribution in [2.75, 3.05) is 5.32 Å². The number of aromatic nitrogens is 3. The molecule has 0 radical (unpaired) electrons. The molecule has 0 saturated carbocycles. The van der Waals surface area contributed by atoms with Gasteiger partial charge in [0.1, 0.15) is 23.0 Å². The van der Waals surface area contributed by atoms with E-state index >= 15 is 0 Å². The maximum Gasteiger partial charge on any atom is 0.224 e. The van der Waals surface area contributed by atoms with Crippen LogP contribution in [0.5, 0.6) is 0 Å². The summed E-state index contributed by atoms with van der Waals surface area (Å²) < 4.78 is 28.2. The molecule has 0 bridgehead atoms. The summed E-state index contributed by atoms with van der Waals surface area (Å²) in [6.07, 6.45) is 3.21. The minimum Gasteiger partial charge on any atom is -0.326 e. The number of fused-ring (bicyclic) bond motifs is 1. The molecule has 1 N–H and O–H groups in total. The lowest BCUT2D eigenvalue weighted by atomic mass is 10.2. The van der Waals surface area contributed by atoms with Crippen molar-refractivity contribution in [3.63, 3.8) is 0 Å². The maximum absolute atomic E-state index is 13.2. The van der Waals surface area contributed by atoms with Crippen molar-refractivity contribution >= 4 is 22.8 Å². The van der Waals surface area contributed by atoms with E-state index in [1.807, 2.05) is 16.7 Å². The fourth-order valence-electron chi connectivity index (χ4n) is 3.30. The van der Waals surface area contributed by atoms with Crippen LogP contribution in [0, 0.1) is 11.6 Å². The second-order valence-electron chi connectivity index (χ2n) is 7.00. The van der Waals surface area contributed by atoms with Gasteiger partial charge in [-0.3, -0.25) is 4.79 Å². The van der Waals surface area contributed by atoms with Gasteiger partial charge in [-0.2, -0.15) is 0 Å². The first-order valence-electron chi connectivity index (χ1n) is 9.68. The van der Waals surface area contributed by atoms with Crippen LogP contribution in [-0.2, 0) is 17.8 Å². The highest BCUT2D eigenvalue weighted by Gasteiger charge is 2.13. The molecule has 2 aromatic carbocycles. The fourth-order valence-corrected chi connectivity index (χ4v) is 3.30. The minimum absolute atomic E-state index is 0.138. The number of carbonyl (C=O) groups is 1. The lowest BCUT2D eigenvalue weighted by molar-refractivity contribution is -0.116. The van der Waals surface area contributed by atoms with Crippen molar-refractivity contribution < 1.29 is 13.6 Å². The highest BCUT2D eigenvalue weighted by Crippen LogP contribution is 2.18. The Hall–Kier alpha value is -3.61.